The second-order valence-electron chi connectivity index (χ2n) is 2.79. The second-order valence-corrected chi connectivity index (χ2v) is 4.01. The Morgan fingerprint density at radius 3 is 2.40 bits per heavy atom. The quantitative estimate of drug-likeness (QED) is 0.834. The van der Waals surface area contributed by atoms with Crippen LogP contribution < -0.4 is 0 Å². The molecule has 1 aromatic carbocycles. The van der Waals surface area contributed by atoms with Gasteiger partial charge in [0.05, 0.1) is 16.5 Å². The van der Waals surface area contributed by atoms with Gasteiger partial charge in [0.1, 0.15) is 0 Å². The van der Waals surface area contributed by atoms with E-state index in [9.17, 15) is 4.79 Å². The molecule has 0 aliphatic rings. The molecule has 0 amide bonds. The van der Waals surface area contributed by atoms with Gasteiger partial charge in [0.15, 0.2) is 0 Å². The monoisotopic (exact) mass is 264 g/mol. The van der Waals surface area contributed by atoms with Crippen molar-refractivity contribution in [1.29, 1.82) is 0 Å². The highest BCUT2D eigenvalue weighted by Crippen LogP contribution is 2.29. The van der Waals surface area contributed by atoms with Crippen LogP contribution >= 0.6 is 34.8 Å². The lowest BCUT2D eigenvalue weighted by Crippen LogP contribution is -1.89. The van der Waals surface area contributed by atoms with Gasteiger partial charge in [-0.1, -0.05) is 47.0 Å². The van der Waals surface area contributed by atoms with E-state index in [-0.39, 0.29) is 6.42 Å². The van der Waals surface area contributed by atoms with E-state index in [1.54, 1.807) is 12.1 Å². The molecule has 1 aromatic rings. The Bertz CT molecular complexity index is 413. The largest absolute Gasteiger partial charge is 0.481 e. The number of carboxylic acid groups (broad SMARTS) is 1. The van der Waals surface area contributed by atoms with Crippen molar-refractivity contribution in [2.75, 3.05) is 0 Å². The summed E-state index contributed by atoms with van der Waals surface area (Å²) in [6.45, 7) is 0. The lowest BCUT2D eigenvalue weighted by molar-refractivity contribution is -0.135. The molecular weight excluding hydrogens is 258 g/mol. The Hall–Kier alpha value is -0.700. The molecule has 0 aromatic heterocycles. The molecule has 0 bridgehead atoms. The zero-order chi connectivity index (χ0) is 11.4. The summed E-state index contributed by atoms with van der Waals surface area (Å²) in [5.74, 6) is -0.901. The average Bonchev–Trinajstić information content (AvgIpc) is 2.13. The van der Waals surface area contributed by atoms with E-state index in [0.29, 0.717) is 20.6 Å². The van der Waals surface area contributed by atoms with Crippen LogP contribution in [0.3, 0.4) is 0 Å². The minimum atomic E-state index is -0.901. The number of hydrogen-bond acceptors (Lipinski definition) is 1. The highest BCUT2D eigenvalue weighted by atomic mass is 35.5. The van der Waals surface area contributed by atoms with Gasteiger partial charge in [-0.2, -0.15) is 0 Å². The van der Waals surface area contributed by atoms with E-state index >= 15 is 0 Å². The van der Waals surface area contributed by atoms with E-state index in [1.165, 1.54) is 12.1 Å². The van der Waals surface area contributed by atoms with Gasteiger partial charge in [-0.05, 0) is 17.7 Å². The third kappa shape index (κ3) is 3.74. The SMILES string of the molecule is O=C(O)CC=Cc1cc(Cl)c(Cl)cc1Cl. The normalized spacial score (nSPS) is 10.9. The third-order valence-corrected chi connectivity index (χ3v) is 2.68. The molecule has 0 unspecified atom stereocenters. The molecule has 0 radical (unpaired) electrons. The van der Waals surface area contributed by atoms with Crippen molar-refractivity contribution < 1.29 is 9.90 Å². The first-order chi connectivity index (χ1) is 7.00. The van der Waals surface area contributed by atoms with Crippen molar-refractivity contribution in [2.24, 2.45) is 0 Å². The minimum absolute atomic E-state index is 0.0590. The fourth-order valence-electron chi connectivity index (χ4n) is 0.952. The first-order valence-corrected chi connectivity index (χ1v) is 5.17. The van der Waals surface area contributed by atoms with Crippen LogP contribution in [0.5, 0.6) is 0 Å². The van der Waals surface area contributed by atoms with Crippen molar-refractivity contribution in [3.63, 3.8) is 0 Å². The summed E-state index contributed by atoms with van der Waals surface area (Å²) in [5.41, 5.74) is 0.646. The van der Waals surface area contributed by atoms with E-state index in [0.717, 1.165) is 0 Å². The number of rotatable bonds is 3. The minimum Gasteiger partial charge on any atom is -0.481 e. The van der Waals surface area contributed by atoms with Gasteiger partial charge >= 0.3 is 5.97 Å². The summed E-state index contributed by atoms with van der Waals surface area (Å²) >= 11 is 17.4. The Labute approximate surface area is 102 Å². The van der Waals surface area contributed by atoms with Crippen LogP contribution in [-0.2, 0) is 4.79 Å². The van der Waals surface area contributed by atoms with Crippen molar-refractivity contribution in [1.82, 2.24) is 0 Å². The standard InChI is InChI=1S/C10H7Cl3O2/c11-7-5-9(13)8(12)4-6(7)2-1-3-10(14)15/h1-2,4-5H,3H2,(H,14,15). The number of benzene rings is 1. The molecule has 0 heterocycles. The summed E-state index contributed by atoms with van der Waals surface area (Å²) < 4.78 is 0. The smallest absolute Gasteiger partial charge is 0.307 e. The summed E-state index contributed by atoms with van der Waals surface area (Å²) in [7, 11) is 0. The van der Waals surface area contributed by atoms with Gasteiger partial charge < -0.3 is 5.11 Å². The number of aliphatic carboxylic acids is 1. The summed E-state index contributed by atoms with van der Waals surface area (Å²) in [6.07, 6.45) is 3.03. The molecule has 1 N–H and O–H groups in total. The molecule has 0 spiro atoms. The fourth-order valence-corrected chi connectivity index (χ4v) is 1.57. The van der Waals surface area contributed by atoms with E-state index < -0.39 is 5.97 Å². The molecule has 0 fully saturated rings. The van der Waals surface area contributed by atoms with Crippen molar-refractivity contribution in [2.45, 2.75) is 6.42 Å². The zero-order valence-corrected chi connectivity index (χ0v) is 9.77. The van der Waals surface area contributed by atoms with Crippen molar-refractivity contribution in [3.8, 4) is 0 Å². The first kappa shape index (κ1) is 12.4. The average molecular weight is 266 g/mol. The van der Waals surface area contributed by atoms with Crippen LogP contribution in [0.25, 0.3) is 6.08 Å². The lowest BCUT2D eigenvalue weighted by Gasteiger charge is -2.01. The Kier molecular flexibility index (Phi) is 4.45. The summed E-state index contributed by atoms with van der Waals surface area (Å²) in [6, 6.07) is 3.11. The number of halogens is 3. The van der Waals surface area contributed by atoms with E-state index in [4.69, 9.17) is 39.9 Å². The topological polar surface area (TPSA) is 37.3 Å². The van der Waals surface area contributed by atoms with Crippen LogP contribution in [0.15, 0.2) is 18.2 Å². The Morgan fingerprint density at radius 2 is 1.80 bits per heavy atom. The molecule has 80 valence electrons. The van der Waals surface area contributed by atoms with Crippen LogP contribution in [-0.4, -0.2) is 11.1 Å². The Balaban J connectivity index is 2.90. The predicted molar refractivity (Wildman–Crippen MR) is 62.8 cm³/mol. The van der Waals surface area contributed by atoms with Gasteiger partial charge in [0, 0.05) is 5.02 Å². The molecule has 0 aliphatic heterocycles. The molecule has 0 saturated heterocycles. The molecule has 0 atom stereocenters. The number of carboxylic acids is 1. The van der Waals surface area contributed by atoms with Gasteiger partial charge in [-0.3, -0.25) is 4.79 Å². The van der Waals surface area contributed by atoms with E-state index in [2.05, 4.69) is 0 Å². The number of hydrogen-bond donors (Lipinski definition) is 1. The van der Waals surface area contributed by atoms with Crippen molar-refractivity contribution >= 4 is 46.8 Å². The fraction of sp³-hybridized carbons (Fsp3) is 0.100. The van der Waals surface area contributed by atoms with E-state index in [1.807, 2.05) is 0 Å². The van der Waals surface area contributed by atoms with Gasteiger partial charge in [0.2, 0.25) is 0 Å². The van der Waals surface area contributed by atoms with Gasteiger partial charge in [-0.15, -0.1) is 0 Å². The lowest BCUT2D eigenvalue weighted by atomic mass is 10.2. The maximum atomic E-state index is 10.3. The molecule has 0 saturated carbocycles. The summed E-state index contributed by atoms with van der Waals surface area (Å²) in [5, 5.41) is 9.62. The van der Waals surface area contributed by atoms with Crippen LogP contribution in [0.4, 0.5) is 0 Å². The number of carbonyl (C=O) groups is 1. The van der Waals surface area contributed by atoms with Gasteiger partial charge in [0.25, 0.3) is 0 Å². The maximum absolute atomic E-state index is 10.3. The first-order valence-electron chi connectivity index (χ1n) is 4.03. The maximum Gasteiger partial charge on any atom is 0.307 e. The molecule has 0 aliphatic carbocycles. The highest BCUT2D eigenvalue weighted by molar-refractivity contribution is 6.43. The molecule has 15 heavy (non-hydrogen) atoms. The Morgan fingerprint density at radius 1 is 1.20 bits per heavy atom. The molecule has 5 heteroatoms. The summed E-state index contributed by atoms with van der Waals surface area (Å²) in [4.78, 5) is 10.3. The van der Waals surface area contributed by atoms with Crippen molar-refractivity contribution in [3.05, 3.63) is 38.8 Å². The third-order valence-electron chi connectivity index (χ3n) is 1.63. The second kappa shape index (κ2) is 5.40. The zero-order valence-electron chi connectivity index (χ0n) is 7.51. The molecular formula is C10H7Cl3O2. The van der Waals surface area contributed by atoms with Crippen LogP contribution in [0, 0.1) is 0 Å². The molecule has 2 nitrogen and oxygen atoms in total. The predicted octanol–water partition coefficient (Wildman–Crippen LogP) is 4.13. The van der Waals surface area contributed by atoms with Crippen LogP contribution in [0.1, 0.15) is 12.0 Å². The highest BCUT2D eigenvalue weighted by Gasteiger charge is 2.03. The van der Waals surface area contributed by atoms with Gasteiger partial charge in [-0.25, -0.2) is 0 Å². The molecule has 1 rings (SSSR count). The van der Waals surface area contributed by atoms with Crippen LogP contribution in [0.2, 0.25) is 15.1 Å².